The summed E-state index contributed by atoms with van der Waals surface area (Å²) in [5.74, 6) is 0.285. The number of aryl methyl sites for hydroxylation is 2. The lowest BCUT2D eigenvalue weighted by Gasteiger charge is -2.17. The number of nitrogens with zero attached hydrogens (tertiary/aromatic N) is 3. The van der Waals surface area contributed by atoms with E-state index in [9.17, 15) is 9.59 Å². The second kappa shape index (κ2) is 6.45. The monoisotopic (exact) mass is 328 g/mol. The Kier molecular flexibility index (Phi) is 4.35. The van der Waals surface area contributed by atoms with Crippen molar-refractivity contribution in [3.63, 3.8) is 0 Å². The lowest BCUT2D eigenvalue weighted by atomic mass is 10.1. The van der Waals surface area contributed by atoms with E-state index in [0.717, 1.165) is 11.5 Å². The smallest absolute Gasteiger partial charge is 0.251 e. The molecule has 2 amide bonds. The molecule has 3 rings (SSSR count). The number of amides is 2. The topological polar surface area (TPSA) is 87.5 Å². The SMILES string of the molecule is Cc1cc(N2CCC(NC(=O)c3cccc(CO)c3)C2=O)n(C)n1. The Morgan fingerprint density at radius 2 is 2.21 bits per heavy atom. The van der Waals surface area contributed by atoms with Crippen LogP contribution >= 0.6 is 0 Å². The van der Waals surface area contributed by atoms with Crippen LogP contribution in [-0.4, -0.2) is 39.3 Å². The molecule has 0 bridgehead atoms. The molecule has 1 fully saturated rings. The van der Waals surface area contributed by atoms with Crippen molar-refractivity contribution in [2.45, 2.75) is 26.0 Å². The van der Waals surface area contributed by atoms with Crippen LogP contribution < -0.4 is 10.2 Å². The average Bonchev–Trinajstić information content (AvgIpc) is 3.09. The van der Waals surface area contributed by atoms with E-state index in [2.05, 4.69) is 10.4 Å². The van der Waals surface area contributed by atoms with Gasteiger partial charge in [-0.1, -0.05) is 12.1 Å². The Morgan fingerprint density at radius 1 is 1.42 bits per heavy atom. The molecule has 2 aromatic rings. The molecular weight excluding hydrogens is 308 g/mol. The third-order valence-electron chi connectivity index (χ3n) is 4.14. The summed E-state index contributed by atoms with van der Waals surface area (Å²) in [6.45, 7) is 2.29. The third-order valence-corrected chi connectivity index (χ3v) is 4.14. The summed E-state index contributed by atoms with van der Waals surface area (Å²) in [7, 11) is 1.79. The van der Waals surface area contributed by atoms with Crippen LogP contribution in [0.4, 0.5) is 5.82 Å². The Balaban J connectivity index is 1.71. The number of benzene rings is 1. The van der Waals surface area contributed by atoms with Crippen LogP contribution in [-0.2, 0) is 18.4 Å². The zero-order valence-electron chi connectivity index (χ0n) is 13.7. The highest BCUT2D eigenvalue weighted by Crippen LogP contribution is 2.22. The van der Waals surface area contributed by atoms with Crippen LogP contribution in [0.25, 0.3) is 0 Å². The summed E-state index contributed by atoms with van der Waals surface area (Å²) in [5.41, 5.74) is 1.94. The average molecular weight is 328 g/mol. The fraction of sp³-hybridized carbons (Fsp3) is 0.353. The molecule has 1 atom stereocenters. The maximum Gasteiger partial charge on any atom is 0.251 e. The van der Waals surface area contributed by atoms with Gasteiger partial charge in [0.1, 0.15) is 11.9 Å². The fourth-order valence-electron chi connectivity index (χ4n) is 2.94. The molecule has 1 aliphatic rings. The van der Waals surface area contributed by atoms with Crippen molar-refractivity contribution in [1.29, 1.82) is 0 Å². The Morgan fingerprint density at radius 3 is 2.88 bits per heavy atom. The first-order chi connectivity index (χ1) is 11.5. The standard InChI is InChI=1S/C17H20N4O3/c1-11-8-15(20(2)19-11)21-7-6-14(17(21)24)18-16(23)13-5-3-4-12(9-13)10-22/h3-5,8-9,14,22H,6-7,10H2,1-2H3,(H,18,23). The number of nitrogens with one attached hydrogen (secondary N) is 1. The number of carbonyl (C=O) groups excluding carboxylic acids is 2. The number of anilines is 1. The van der Waals surface area contributed by atoms with Crippen molar-refractivity contribution >= 4 is 17.6 Å². The number of rotatable bonds is 4. The summed E-state index contributed by atoms with van der Waals surface area (Å²) in [6, 6.07) is 8.04. The zero-order valence-corrected chi connectivity index (χ0v) is 13.7. The quantitative estimate of drug-likeness (QED) is 0.867. The van der Waals surface area contributed by atoms with Crippen molar-refractivity contribution in [1.82, 2.24) is 15.1 Å². The molecule has 7 heteroatoms. The number of aliphatic hydroxyl groups excluding tert-OH is 1. The van der Waals surface area contributed by atoms with Gasteiger partial charge in [-0.05, 0) is 31.0 Å². The second-order valence-electron chi connectivity index (χ2n) is 5.93. The first-order valence-corrected chi connectivity index (χ1v) is 7.82. The number of hydrogen-bond acceptors (Lipinski definition) is 4. The molecular formula is C17H20N4O3. The second-order valence-corrected chi connectivity index (χ2v) is 5.93. The molecule has 7 nitrogen and oxygen atoms in total. The van der Waals surface area contributed by atoms with E-state index in [4.69, 9.17) is 5.11 Å². The molecule has 2 N–H and O–H groups in total. The highest BCUT2D eigenvalue weighted by atomic mass is 16.3. The van der Waals surface area contributed by atoms with E-state index in [0.29, 0.717) is 24.1 Å². The fourth-order valence-corrected chi connectivity index (χ4v) is 2.94. The summed E-state index contributed by atoms with van der Waals surface area (Å²) < 4.78 is 1.67. The van der Waals surface area contributed by atoms with Crippen molar-refractivity contribution in [2.24, 2.45) is 7.05 Å². The molecule has 0 saturated carbocycles. The van der Waals surface area contributed by atoms with Crippen molar-refractivity contribution in [2.75, 3.05) is 11.4 Å². The predicted octanol–water partition coefficient (Wildman–Crippen LogP) is 0.756. The van der Waals surface area contributed by atoms with Crippen LogP contribution in [0.2, 0.25) is 0 Å². The van der Waals surface area contributed by atoms with Gasteiger partial charge in [-0.3, -0.25) is 19.2 Å². The molecule has 1 saturated heterocycles. The lowest BCUT2D eigenvalue weighted by molar-refractivity contribution is -0.118. The predicted molar refractivity (Wildman–Crippen MR) is 88.5 cm³/mol. The van der Waals surface area contributed by atoms with E-state index in [1.807, 2.05) is 13.0 Å². The maximum atomic E-state index is 12.6. The normalized spacial score (nSPS) is 17.4. The van der Waals surface area contributed by atoms with Crippen LogP contribution in [0, 0.1) is 6.92 Å². The highest BCUT2D eigenvalue weighted by molar-refractivity contribution is 6.03. The number of aromatic nitrogens is 2. The number of hydrogen-bond donors (Lipinski definition) is 2. The van der Waals surface area contributed by atoms with E-state index in [-0.39, 0.29) is 18.4 Å². The summed E-state index contributed by atoms with van der Waals surface area (Å²) in [4.78, 5) is 26.6. The van der Waals surface area contributed by atoms with Crippen molar-refractivity contribution in [3.05, 3.63) is 47.2 Å². The zero-order chi connectivity index (χ0) is 17.3. The van der Waals surface area contributed by atoms with Gasteiger partial charge in [-0.2, -0.15) is 5.10 Å². The van der Waals surface area contributed by atoms with E-state index < -0.39 is 6.04 Å². The van der Waals surface area contributed by atoms with Gasteiger partial charge in [-0.15, -0.1) is 0 Å². The largest absolute Gasteiger partial charge is 0.392 e. The summed E-state index contributed by atoms with van der Waals surface area (Å²) in [6.07, 6.45) is 0.550. The molecule has 24 heavy (non-hydrogen) atoms. The first kappa shape index (κ1) is 16.2. The van der Waals surface area contributed by atoms with Crippen molar-refractivity contribution < 1.29 is 14.7 Å². The van der Waals surface area contributed by atoms with Gasteiger partial charge in [0.25, 0.3) is 11.8 Å². The molecule has 1 unspecified atom stereocenters. The van der Waals surface area contributed by atoms with Gasteiger partial charge in [0.15, 0.2) is 0 Å². The van der Waals surface area contributed by atoms with Crippen LogP contribution in [0.5, 0.6) is 0 Å². The molecule has 0 radical (unpaired) electrons. The van der Waals surface area contributed by atoms with Gasteiger partial charge < -0.3 is 10.4 Å². The minimum absolute atomic E-state index is 0.128. The highest BCUT2D eigenvalue weighted by Gasteiger charge is 2.35. The maximum absolute atomic E-state index is 12.6. The Bertz CT molecular complexity index is 784. The first-order valence-electron chi connectivity index (χ1n) is 7.82. The van der Waals surface area contributed by atoms with Crippen LogP contribution in [0.15, 0.2) is 30.3 Å². The Labute approximate surface area is 139 Å². The van der Waals surface area contributed by atoms with Crippen LogP contribution in [0.1, 0.15) is 28.0 Å². The van der Waals surface area contributed by atoms with Gasteiger partial charge in [0.05, 0.1) is 12.3 Å². The van der Waals surface area contributed by atoms with Gasteiger partial charge in [0, 0.05) is 25.2 Å². The minimum Gasteiger partial charge on any atom is -0.392 e. The Hall–Kier alpha value is -2.67. The molecule has 1 aromatic carbocycles. The molecule has 1 aromatic heterocycles. The number of aliphatic hydroxyl groups is 1. The van der Waals surface area contributed by atoms with E-state index >= 15 is 0 Å². The number of carbonyl (C=O) groups is 2. The molecule has 1 aliphatic heterocycles. The molecule has 2 heterocycles. The minimum atomic E-state index is -0.550. The third kappa shape index (κ3) is 3.03. The lowest BCUT2D eigenvalue weighted by Crippen LogP contribution is -2.42. The van der Waals surface area contributed by atoms with E-state index in [1.165, 1.54) is 0 Å². The van der Waals surface area contributed by atoms with Crippen LogP contribution in [0.3, 0.4) is 0 Å². The summed E-state index contributed by atoms with van der Waals surface area (Å²) >= 11 is 0. The van der Waals surface area contributed by atoms with Gasteiger partial charge >= 0.3 is 0 Å². The van der Waals surface area contributed by atoms with Crippen molar-refractivity contribution in [3.8, 4) is 0 Å². The van der Waals surface area contributed by atoms with Gasteiger partial charge in [-0.25, -0.2) is 0 Å². The molecule has 0 aliphatic carbocycles. The summed E-state index contributed by atoms with van der Waals surface area (Å²) in [5, 5.41) is 16.2. The molecule has 126 valence electrons. The van der Waals surface area contributed by atoms with Gasteiger partial charge in [0.2, 0.25) is 0 Å². The van der Waals surface area contributed by atoms with E-state index in [1.54, 1.807) is 40.9 Å². The molecule has 0 spiro atoms.